The maximum Gasteiger partial charge on any atom is 0.254 e. The Morgan fingerprint density at radius 2 is 1.96 bits per heavy atom. The first kappa shape index (κ1) is 16.6. The molecule has 0 radical (unpaired) electrons. The Morgan fingerprint density at radius 1 is 1.17 bits per heavy atom. The van der Waals surface area contributed by atoms with E-state index in [1.807, 2.05) is 18.2 Å². The van der Waals surface area contributed by atoms with Gasteiger partial charge in [-0.25, -0.2) is 8.78 Å². The highest BCUT2D eigenvalue weighted by Crippen LogP contribution is 2.15. The summed E-state index contributed by atoms with van der Waals surface area (Å²) in [5.41, 5.74) is 0.982. The highest BCUT2D eigenvalue weighted by atomic mass is 19.1. The lowest BCUT2D eigenvalue weighted by Gasteiger charge is -2.33. The zero-order chi connectivity index (χ0) is 16.9. The van der Waals surface area contributed by atoms with E-state index in [-0.39, 0.29) is 11.6 Å². The molecule has 1 N–H and O–H groups in total. The lowest BCUT2D eigenvalue weighted by atomic mass is 10.0. The van der Waals surface area contributed by atoms with Crippen LogP contribution in [0.15, 0.2) is 48.5 Å². The second-order valence-electron chi connectivity index (χ2n) is 6.16. The molecule has 1 aliphatic heterocycles. The van der Waals surface area contributed by atoms with E-state index < -0.39 is 17.5 Å². The van der Waals surface area contributed by atoms with Crippen molar-refractivity contribution in [3.05, 3.63) is 71.3 Å². The van der Waals surface area contributed by atoms with Crippen LogP contribution in [0.1, 0.15) is 28.8 Å². The van der Waals surface area contributed by atoms with Crippen molar-refractivity contribution in [2.45, 2.75) is 25.4 Å². The van der Waals surface area contributed by atoms with Crippen LogP contribution in [0.2, 0.25) is 0 Å². The largest absolute Gasteiger partial charge is 0.348 e. The predicted octanol–water partition coefficient (Wildman–Crippen LogP) is 3.36. The van der Waals surface area contributed by atoms with E-state index in [0.29, 0.717) is 6.54 Å². The summed E-state index contributed by atoms with van der Waals surface area (Å²) in [5, 5.41) is 2.83. The molecule has 0 bridgehead atoms. The number of halogens is 2. The quantitative estimate of drug-likeness (QED) is 0.932. The highest BCUT2D eigenvalue weighted by molar-refractivity contribution is 5.94. The molecule has 2 aromatic rings. The Morgan fingerprint density at radius 3 is 2.75 bits per heavy atom. The number of rotatable bonds is 4. The number of hydrogen-bond acceptors (Lipinski definition) is 2. The summed E-state index contributed by atoms with van der Waals surface area (Å²) in [4.78, 5) is 14.5. The number of nitrogens with zero attached hydrogens (tertiary/aromatic N) is 1. The van der Waals surface area contributed by atoms with Crippen LogP contribution >= 0.6 is 0 Å². The smallest absolute Gasteiger partial charge is 0.254 e. The van der Waals surface area contributed by atoms with Gasteiger partial charge in [0.1, 0.15) is 11.6 Å². The van der Waals surface area contributed by atoms with Crippen molar-refractivity contribution < 1.29 is 13.6 Å². The first-order valence-corrected chi connectivity index (χ1v) is 8.14. The Kier molecular flexibility index (Phi) is 5.20. The van der Waals surface area contributed by atoms with E-state index in [1.54, 1.807) is 0 Å². The van der Waals surface area contributed by atoms with Gasteiger partial charge in [-0.1, -0.05) is 30.3 Å². The van der Waals surface area contributed by atoms with Gasteiger partial charge in [0, 0.05) is 19.1 Å². The molecule has 1 heterocycles. The number of carbonyl (C=O) groups is 1. The van der Waals surface area contributed by atoms with Crippen LogP contribution in [0.5, 0.6) is 0 Å². The highest BCUT2D eigenvalue weighted by Gasteiger charge is 2.23. The van der Waals surface area contributed by atoms with Gasteiger partial charge in [-0.05, 0) is 43.1 Å². The van der Waals surface area contributed by atoms with Crippen molar-refractivity contribution in [2.75, 3.05) is 13.1 Å². The molecule has 0 saturated carbocycles. The van der Waals surface area contributed by atoms with Crippen LogP contribution in [0, 0.1) is 11.6 Å². The zero-order valence-electron chi connectivity index (χ0n) is 13.3. The normalized spacial score (nSPS) is 18.3. The first-order valence-electron chi connectivity index (χ1n) is 8.14. The Balaban J connectivity index is 1.61. The molecule has 1 fully saturated rings. The third-order valence-corrected chi connectivity index (χ3v) is 4.26. The SMILES string of the molecule is O=C(N[C@@H]1CCCN(Cc2ccccc2)C1)c1cc(F)ccc1F. The Bertz CT molecular complexity index is 706. The summed E-state index contributed by atoms with van der Waals surface area (Å²) in [6.45, 7) is 2.49. The van der Waals surface area contributed by atoms with Gasteiger partial charge in [-0.2, -0.15) is 0 Å². The second-order valence-corrected chi connectivity index (χ2v) is 6.16. The van der Waals surface area contributed by atoms with Crippen LogP contribution < -0.4 is 5.32 Å². The molecule has 0 spiro atoms. The molecule has 3 nitrogen and oxygen atoms in total. The van der Waals surface area contributed by atoms with E-state index in [1.165, 1.54) is 5.56 Å². The molecule has 0 aliphatic carbocycles. The topological polar surface area (TPSA) is 32.3 Å². The molecule has 1 aliphatic rings. The molecule has 2 aromatic carbocycles. The van der Waals surface area contributed by atoms with Gasteiger partial charge in [-0.15, -0.1) is 0 Å². The fourth-order valence-corrected chi connectivity index (χ4v) is 3.09. The maximum atomic E-state index is 13.7. The van der Waals surface area contributed by atoms with Crippen LogP contribution in [0.3, 0.4) is 0 Å². The standard InChI is InChI=1S/C19H20F2N2O/c20-15-8-9-18(21)17(11-15)19(24)22-16-7-4-10-23(13-16)12-14-5-2-1-3-6-14/h1-3,5-6,8-9,11,16H,4,7,10,12-13H2,(H,22,24)/t16-/m1/s1. The lowest BCUT2D eigenvalue weighted by molar-refractivity contribution is 0.0896. The Hall–Kier alpha value is -2.27. The molecule has 1 atom stereocenters. The van der Waals surface area contributed by atoms with Gasteiger partial charge < -0.3 is 5.32 Å². The third-order valence-electron chi connectivity index (χ3n) is 4.26. The second kappa shape index (κ2) is 7.53. The van der Waals surface area contributed by atoms with Gasteiger partial charge in [0.15, 0.2) is 0 Å². The minimum Gasteiger partial charge on any atom is -0.348 e. The van der Waals surface area contributed by atoms with Crippen molar-refractivity contribution in [1.29, 1.82) is 0 Å². The average Bonchev–Trinajstić information content (AvgIpc) is 2.58. The number of nitrogens with one attached hydrogen (secondary N) is 1. The van der Waals surface area contributed by atoms with E-state index >= 15 is 0 Å². The van der Waals surface area contributed by atoms with Gasteiger partial charge in [0.25, 0.3) is 5.91 Å². The van der Waals surface area contributed by atoms with Gasteiger partial charge >= 0.3 is 0 Å². The number of benzene rings is 2. The number of hydrogen-bond donors (Lipinski definition) is 1. The summed E-state index contributed by atoms with van der Waals surface area (Å²) < 4.78 is 26.9. The van der Waals surface area contributed by atoms with Crippen LogP contribution in [0.4, 0.5) is 8.78 Å². The van der Waals surface area contributed by atoms with Gasteiger partial charge in [0.2, 0.25) is 0 Å². The Labute approximate surface area is 140 Å². The number of piperidine rings is 1. The molecule has 24 heavy (non-hydrogen) atoms. The molecule has 126 valence electrons. The monoisotopic (exact) mass is 330 g/mol. The third kappa shape index (κ3) is 4.17. The fraction of sp³-hybridized carbons (Fsp3) is 0.316. The van der Waals surface area contributed by atoms with Crippen LogP contribution in [-0.4, -0.2) is 29.9 Å². The van der Waals surface area contributed by atoms with Crippen molar-refractivity contribution in [1.82, 2.24) is 10.2 Å². The number of likely N-dealkylation sites (tertiary alicyclic amines) is 1. The average molecular weight is 330 g/mol. The van der Waals surface area contributed by atoms with Crippen molar-refractivity contribution in [2.24, 2.45) is 0 Å². The van der Waals surface area contributed by atoms with Crippen molar-refractivity contribution in [3.8, 4) is 0 Å². The molecule has 0 unspecified atom stereocenters. The molecule has 3 rings (SSSR count). The maximum absolute atomic E-state index is 13.7. The molecular weight excluding hydrogens is 310 g/mol. The minimum absolute atomic E-state index is 0.0578. The van der Waals surface area contributed by atoms with Gasteiger partial charge in [-0.3, -0.25) is 9.69 Å². The first-order chi connectivity index (χ1) is 11.6. The summed E-state index contributed by atoms with van der Waals surface area (Å²) >= 11 is 0. The summed E-state index contributed by atoms with van der Waals surface area (Å²) in [7, 11) is 0. The molecular formula is C19H20F2N2O. The van der Waals surface area contributed by atoms with Crippen LogP contribution in [-0.2, 0) is 6.54 Å². The van der Waals surface area contributed by atoms with E-state index in [2.05, 4.69) is 22.3 Å². The van der Waals surface area contributed by atoms with Crippen molar-refractivity contribution >= 4 is 5.91 Å². The predicted molar refractivity (Wildman–Crippen MR) is 88.6 cm³/mol. The molecule has 1 saturated heterocycles. The minimum atomic E-state index is -0.703. The van der Waals surface area contributed by atoms with Crippen molar-refractivity contribution in [3.63, 3.8) is 0 Å². The van der Waals surface area contributed by atoms with E-state index in [9.17, 15) is 13.6 Å². The zero-order valence-corrected chi connectivity index (χ0v) is 13.3. The number of carbonyl (C=O) groups excluding carboxylic acids is 1. The lowest BCUT2D eigenvalue weighted by Crippen LogP contribution is -2.47. The fourth-order valence-electron chi connectivity index (χ4n) is 3.09. The van der Waals surface area contributed by atoms with Crippen LogP contribution in [0.25, 0.3) is 0 Å². The summed E-state index contributed by atoms with van der Waals surface area (Å²) in [6, 6.07) is 13.0. The number of amides is 1. The van der Waals surface area contributed by atoms with Gasteiger partial charge in [0.05, 0.1) is 5.56 Å². The summed E-state index contributed by atoms with van der Waals surface area (Å²) in [5.74, 6) is -1.87. The molecule has 0 aromatic heterocycles. The molecule has 1 amide bonds. The summed E-state index contributed by atoms with van der Waals surface area (Å²) in [6.07, 6.45) is 1.80. The van der Waals surface area contributed by atoms with E-state index in [4.69, 9.17) is 0 Å². The molecule has 5 heteroatoms. The van der Waals surface area contributed by atoms with E-state index in [0.717, 1.165) is 44.1 Å².